The predicted octanol–water partition coefficient (Wildman–Crippen LogP) is 3.90. The first-order chi connectivity index (χ1) is 20.3. The largest absolute Gasteiger partial charge is 0.390 e. The summed E-state index contributed by atoms with van der Waals surface area (Å²) in [6.45, 7) is 7.31. The maximum absolute atomic E-state index is 13.9. The molecule has 11 heteroatoms. The topological polar surface area (TPSA) is 105 Å². The first-order valence-corrected chi connectivity index (χ1v) is 16.4. The normalized spacial score (nSPS) is 24.2. The molecule has 0 radical (unpaired) electrons. The Kier molecular flexibility index (Phi) is 13.4. The Bertz CT molecular complexity index is 1100. The summed E-state index contributed by atoms with van der Waals surface area (Å²) in [5.74, 6) is -0.0706. The second-order valence-electron chi connectivity index (χ2n) is 13.2. The van der Waals surface area contributed by atoms with Gasteiger partial charge in [0.1, 0.15) is 11.6 Å². The number of nitrogens with zero attached hydrogens (tertiary/aromatic N) is 3. The Hall–Kier alpha value is -1.91. The van der Waals surface area contributed by atoms with E-state index in [0.29, 0.717) is 50.3 Å². The number of aliphatic hydroxyl groups is 1. The number of hydrogen-bond acceptors (Lipinski definition) is 6. The zero-order valence-electron chi connectivity index (χ0n) is 26.5. The summed E-state index contributed by atoms with van der Waals surface area (Å²) < 4.78 is 0. The van der Waals surface area contributed by atoms with Crippen molar-refractivity contribution in [2.24, 2.45) is 0 Å². The van der Waals surface area contributed by atoms with E-state index in [4.69, 9.17) is 0 Å². The number of carbonyl (C=O) groups is 3. The molecule has 0 bridgehead atoms. The Morgan fingerprint density at radius 3 is 2.20 bits per heavy atom. The van der Waals surface area contributed by atoms with E-state index in [-0.39, 0.29) is 42.5 Å². The van der Waals surface area contributed by atoms with Crippen molar-refractivity contribution < 1.29 is 19.5 Å². The highest BCUT2D eigenvalue weighted by Gasteiger charge is 2.54. The highest BCUT2D eigenvalue weighted by atomic mass is 35.5. The van der Waals surface area contributed by atoms with E-state index in [1.54, 1.807) is 7.05 Å². The highest BCUT2D eigenvalue weighted by Crippen LogP contribution is 2.38. The molecule has 3 heterocycles. The molecule has 0 unspecified atom stereocenters. The molecule has 1 aromatic rings. The van der Waals surface area contributed by atoms with Crippen molar-refractivity contribution in [3.05, 3.63) is 35.4 Å². The molecule has 1 aliphatic carbocycles. The van der Waals surface area contributed by atoms with Crippen LogP contribution in [0.15, 0.2) is 24.3 Å². The van der Waals surface area contributed by atoms with Crippen LogP contribution >= 0.6 is 24.8 Å². The summed E-state index contributed by atoms with van der Waals surface area (Å²) in [4.78, 5) is 46.4. The van der Waals surface area contributed by atoms with Crippen molar-refractivity contribution in [2.45, 2.75) is 114 Å². The molecule has 4 fully saturated rings. The van der Waals surface area contributed by atoms with E-state index in [1.165, 1.54) is 5.56 Å². The lowest BCUT2D eigenvalue weighted by atomic mass is 9.77. The number of halogens is 2. The van der Waals surface area contributed by atoms with Crippen molar-refractivity contribution in [1.29, 1.82) is 0 Å². The Morgan fingerprint density at radius 1 is 0.977 bits per heavy atom. The minimum absolute atomic E-state index is 0. The van der Waals surface area contributed by atoms with Gasteiger partial charge in [-0.2, -0.15) is 0 Å². The van der Waals surface area contributed by atoms with E-state index >= 15 is 0 Å². The molecule has 1 aromatic carbocycles. The van der Waals surface area contributed by atoms with Gasteiger partial charge in [0.25, 0.3) is 5.91 Å². The predicted molar refractivity (Wildman–Crippen MR) is 177 cm³/mol. The third-order valence-electron chi connectivity index (χ3n) is 10.5. The second kappa shape index (κ2) is 16.1. The molecule has 4 aliphatic rings. The zero-order valence-corrected chi connectivity index (χ0v) is 28.2. The average molecular weight is 655 g/mol. The SMILES string of the molecule is CCCCN1C(=O)[C@@H](CC2(O)CCCCC2)NC(=O)C12CCN(C1CCN(Cc3ccc(C(=O)NC)cc3)CC1)CC2.Cl.Cl. The Balaban J connectivity index is 0.00000264. The van der Waals surface area contributed by atoms with E-state index < -0.39 is 17.2 Å². The van der Waals surface area contributed by atoms with Crippen molar-refractivity contribution >= 4 is 42.5 Å². The molecule has 3 saturated heterocycles. The summed E-state index contributed by atoms with van der Waals surface area (Å²) in [6, 6.07) is 7.74. The van der Waals surface area contributed by atoms with Crippen LogP contribution in [0.1, 0.15) is 99.9 Å². The maximum atomic E-state index is 13.9. The first kappa shape index (κ1) is 36.6. The molecule has 0 aromatic heterocycles. The molecule has 248 valence electrons. The lowest BCUT2D eigenvalue weighted by molar-refractivity contribution is -0.164. The number of unbranched alkanes of at least 4 members (excludes halogenated alkanes) is 1. The van der Waals surface area contributed by atoms with Gasteiger partial charge in [0.2, 0.25) is 11.8 Å². The Morgan fingerprint density at radius 2 is 1.61 bits per heavy atom. The molecule has 3 amide bonds. The van der Waals surface area contributed by atoms with Crippen molar-refractivity contribution in [2.75, 3.05) is 39.8 Å². The smallest absolute Gasteiger partial charge is 0.251 e. The van der Waals surface area contributed by atoms with Crippen LogP contribution in [0.2, 0.25) is 0 Å². The number of rotatable bonds is 9. The molecule has 1 saturated carbocycles. The summed E-state index contributed by atoms with van der Waals surface area (Å²) in [6.07, 6.45) is 10.2. The third kappa shape index (κ3) is 8.08. The van der Waals surface area contributed by atoms with Gasteiger partial charge in [-0.1, -0.05) is 44.7 Å². The summed E-state index contributed by atoms with van der Waals surface area (Å²) in [7, 11) is 1.65. The van der Waals surface area contributed by atoms with Gasteiger partial charge >= 0.3 is 0 Å². The Labute approximate surface area is 275 Å². The zero-order chi connectivity index (χ0) is 29.7. The van der Waals surface area contributed by atoms with Crippen LogP contribution in [0.3, 0.4) is 0 Å². The molecule has 1 atom stereocenters. The number of nitrogens with one attached hydrogen (secondary N) is 2. The summed E-state index contributed by atoms with van der Waals surface area (Å²) >= 11 is 0. The van der Waals surface area contributed by atoms with Gasteiger partial charge in [-0.3, -0.25) is 19.3 Å². The second-order valence-corrected chi connectivity index (χ2v) is 13.2. The number of hydrogen-bond donors (Lipinski definition) is 3. The number of likely N-dealkylation sites (tertiary alicyclic amines) is 2. The standard InChI is InChI=1S/C33H51N5O4.2ClH/c1-3-4-18-38-30(40)28(23-32(42)14-6-5-7-15-32)35-31(41)33(38)16-21-37(22-17-33)27-12-19-36(20-13-27)24-25-8-10-26(11-9-25)29(39)34-2;;/h8-11,27-28,42H,3-7,12-24H2,1-2H3,(H,34,39)(H,35,41);2*1H/t28-;;/m1../s1. The lowest BCUT2D eigenvalue weighted by Gasteiger charge is -2.53. The minimum Gasteiger partial charge on any atom is -0.390 e. The van der Waals surface area contributed by atoms with E-state index in [9.17, 15) is 19.5 Å². The highest BCUT2D eigenvalue weighted by molar-refractivity contribution is 6.00. The summed E-state index contributed by atoms with van der Waals surface area (Å²) in [5.41, 5.74) is 0.285. The molecule has 1 spiro atoms. The van der Waals surface area contributed by atoms with Gasteiger partial charge < -0.3 is 25.5 Å². The number of carbonyl (C=O) groups excluding carboxylic acids is 3. The van der Waals surface area contributed by atoms with Gasteiger partial charge in [-0.25, -0.2) is 0 Å². The fraction of sp³-hybridized carbons (Fsp3) is 0.727. The first-order valence-electron chi connectivity index (χ1n) is 16.4. The average Bonchev–Trinajstić information content (AvgIpc) is 3.01. The van der Waals surface area contributed by atoms with Crippen molar-refractivity contribution in [3.8, 4) is 0 Å². The van der Waals surface area contributed by atoms with Crippen LogP contribution in [0, 0.1) is 0 Å². The van der Waals surface area contributed by atoms with Crippen LogP contribution < -0.4 is 10.6 Å². The van der Waals surface area contributed by atoms with Gasteiger partial charge in [0.05, 0.1) is 5.60 Å². The molecule has 3 aliphatic heterocycles. The van der Waals surface area contributed by atoms with Crippen LogP contribution in [0.4, 0.5) is 0 Å². The third-order valence-corrected chi connectivity index (χ3v) is 10.5. The maximum Gasteiger partial charge on any atom is 0.251 e. The number of amides is 3. The fourth-order valence-corrected chi connectivity index (χ4v) is 7.81. The summed E-state index contributed by atoms with van der Waals surface area (Å²) in [5, 5.41) is 16.9. The van der Waals surface area contributed by atoms with Crippen LogP contribution in [-0.2, 0) is 16.1 Å². The van der Waals surface area contributed by atoms with Gasteiger partial charge in [0.15, 0.2) is 0 Å². The van der Waals surface area contributed by atoms with Crippen LogP contribution in [0.5, 0.6) is 0 Å². The molecule has 44 heavy (non-hydrogen) atoms. The van der Waals surface area contributed by atoms with Crippen molar-refractivity contribution in [3.63, 3.8) is 0 Å². The number of piperazine rings is 1. The van der Waals surface area contributed by atoms with Gasteiger partial charge in [-0.15, -0.1) is 24.8 Å². The monoisotopic (exact) mass is 653 g/mol. The van der Waals surface area contributed by atoms with E-state index in [2.05, 4.69) is 27.4 Å². The molecule has 9 nitrogen and oxygen atoms in total. The number of piperidine rings is 2. The molecule has 5 rings (SSSR count). The number of benzene rings is 1. The van der Waals surface area contributed by atoms with E-state index in [0.717, 1.165) is 77.7 Å². The van der Waals surface area contributed by atoms with Crippen LogP contribution in [-0.4, -0.2) is 101 Å². The molecule has 3 N–H and O–H groups in total. The lowest BCUT2D eigenvalue weighted by Crippen LogP contribution is -2.73. The van der Waals surface area contributed by atoms with E-state index in [1.807, 2.05) is 29.2 Å². The van der Waals surface area contributed by atoms with Gasteiger partial charge in [-0.05, 0) is 75.7 Å². The van der Waals surface area contributed by atoms with Gasteiger partial charge in [0, 0.05) is 51.3 Å². The molecular formula is C33H53Cl2N5O4. The quantitative estimate of drug-likeness (QED) is 0.373. The molecular weight excluding hydrogens is 601 g/mol. The fourth-order valence-electron chi connectivity index (χ4n) is 7.81. The van der Waals surface area contributed by atoms with Crippen molar-refractivity contribution in [1.82, 2.24) is 25.3 Å². The minimum atomic E-state index is -0.847. The van der Waals surface area contributed by atoms with Crippen LogP contribution in [0.25, 0.3) is 0 Å².